The fourth-order valence-corrected chi connectivity index (χ4v) is 3.37. The topological polar surface area (TPSA) is 70.3 Å². The highest BCUT2D eigenvalue weighted by Gasteiger charge is 2.22. The molecule has 0 amide bonds. The van der Waals surface area contributed by atoms with Crippen LogP contribution in [0.4, 0.5) is 4.39 Å². The van der Waals surface area contributed by atoms with E-state index in [4.69, 9.17) is 4.74 Å². The summed E-state index contributed by atoms with van der Waals surface area (Å²) in [6, 6.07) is 5.01. The zero-order valence-electron chi connectivity index (χ0n) is 14.6. The molecule has 0 aliphatic heterocycles. The molecule has 0 bridgehead atoms. The first-order chi connectivity index (χ1) is 12.5. The van der Waals surface area contributed by atoms with Crippen LogP contribution in [0.3, 0.4) is 0 Å². The number of benzene rings is 1. The minimum Gasteiger partial charge on any atom is -0.462 e. The van der Waals surface area contributed by atoms with E-state index in [1.54, 1.807) is 6.92 Å². The Bertz CT molecular complexity index is 909. The van der Waals surface area contributed by atoms with Crippen LogP contribution in [-0.2, 0) is 11.3 Å². The molecule has 1 fully saturated rings. The number of ether oxygens (including phenoxy) is 1. The normalized spacial score (nSPS) is 14.5. The molecule has 26 heavy (non-hydrogen) atoms. The van der Waals surface area contributed by atoms with Crippen molar-refractivity contribution in [2.45, 2.75) is 39.2 Å². The van der Waals surface area contributed by atoms with E-state index in [-0.39, 0.29) is 17.9 Å². The van der Waals surface area contributed by atoms with Gasteiger partial charge in [0, 0.05) is 12.7 Å². The Morgan fingerprint density at radius 1 is 1.19 bits per heavy atom. The van der Waals surface area contributed by atoms with E-state index < -0.39 is 23.0 Å². The smallest absolute Gasteiger partial charge is 0.345 e. The molecule has 1 aromatic carbocycles. The first-order valence-corrected chi connectivity index (χ1v) is 8.80. The van der Waals surface area contributed by atoms with E-state index in [2.05, 4.69) is 0 Å². The number of halogens is 1. The highest BCUT2D eigenvalue weighted by molar-refractivity contribution is 5.88. The number of hydrogen-bond donors (Lipinski definition) is 0. The van der Waals surface area contributed by atoms with Gasteiger partial charge in [-0.1, -0.05) is 12.8 Å². The molecule has 0 saturated heterocycles. The van der Waals surface area contributed by atoms with Gasteiger partial charge in [-0.25, -0.2) is 18.5 Å². The lowest BCUT2D eigenvalue weighted by atomic mass is 10.1. The van der Waals surface area contributed by atoms with E-state index in [9.17, 15) is 18.8 Å². The second kappa shape index (κ2) is 7.68. The minimum atomic E-state index is -0.770. The van der Waals surface area contributed by atoms with Crippen LogP contribution >= 0.6 is 0 Å². The lowest BCUT2D eigenvalue weighted by Crippen LogP contribution is -2.42. The first kappa shape index (κ1) is 18.1. The van der Waals surface area contributed by atoms with Crippen molar-refractivity contribution in [1.82, 2.24) is 9.13 Å². The Morgan fingerprint density at radius 2 is 1.85 bits per heavy atom. The van der Waals surface area contributed by atoms with Gasteiger partial charge < -0.3 is 4.74 Å². The van der Waals surface area contributed by atoms with Crippen LogP contribution in [0.5, 0.6) is 0 Å². The van der Waals surface area contributed by atoms with Crippen LogP contribution < -0.4 is 11.2 Å². The molecule has 0 atom stereocenters. The summed E-state index contributed by atoms with van der Waals surface area (Å²) in [6.07, 6.45) is 5.54. The molecule has 3 rings (SSSR count). The second-order valence-electron chi connectivity index (χ2n) is 6.47. The highest BCUT2D eigenvalue weighted by Crippen LogP contribution is 2.25. The monoisotopic (exact) mass is 360 g/mol. The molecular weight excluding hydrogens is 339 g/mol. The third-order valence-corrected chi connectivity index (χ3v) is 4.67. The van der Waals surface area contributed by atoms with Gasteiger partial charge in [0.15, 0.2) is 0 Å². The van der Waals surface area contributed by atoms with Crippen molar-refractivity contribution in [2.75, 3.05) is 6.61 Å². The lowest BCUT2D eigenvalue weighted by molar-refractivity contribution is 0.0522. The zero-order chi connectivity index (χ0) is 18.7. The van der Waals surface area contributed by atoms with E-state index in [1.165, 1.54) is 35.0 Å². The predicted octanol–water partition coefficient (Wildman–Crippen LogP) is 2.51. The van der Waals surface area contributed by atoms with Gasteiger partial charge in [0.05, 0.1) is 12.3 Å². The standard InChI is InChI=1S/C19H21FN2O4/c1-2-26-18(24)16-12-21(11-13-5-3-4-6-13)19(25)22(17(16)23)15-9-7-14(20)8-10-15/h7-10,12-13H,2-6,11H2,1H3. The summed E-state index contributed by atoms with van der Waals surface area (Å²) >= 11 is 0. The van der Waals surface area contributed by atoms with Gasteiger partial charge >= 0.3 is 11.7 Å². The molecule has 0 N–H and O–H groups in total. The summed E-state index contributed by atoms with van der Waals surface area (Å²) in [4.78, 5) is 37.8. The molecule has 0 radical (unpaired) electrons. The van der Waals surface area contributed by atoms with Crippen LogP contribution in [0.1, 0.15) is 43.0 Å². The van der Waals surface area contributed by atoms with E-state index in [0.29, 0.717) is 12.5 Å². The number of esters is 1. The Kier molecular flexibility index (Phi) is 5.35. The quantitative estimate of drug-likeness (QED) is 0.768. The molecule has 0 spiro atoms. The van der Waals surface area contributed by atoms with E-state index >= 15 is 0 Å². The summed E-state index contributed by atoms with van der Waals surface area (Å²) in [5, 5.41) is 0. The van der Waals surface area contributed by atoms with E-state index in [0.717, 1.165) is 30.3 Å². The molecule has 6 nitrogen and oxygen atoms in total. The highest BCUT2D eigenvalue weighted by atomic mass is 19.1. The van der Waals surface area contributed by atoms with Crippen molar-refractivity contribution in [3.8, 4) is 5.69 Å². The average Bonchev–Trinajstić information content (AvgIpc) is 3.12. The number of rotatable bonds is 5. The minimum absolute atomic E-state index is 0.122. The van der Waals surface area contributed by atoms with Crippen LogP contribution in [-0.4, -0.2) is 21.7 Å². The van der Waals surface area contributed by atoms with Gasteiger partial charge in [-0.3, -0.25) is 9.36 Å². The fourth-order valence-electron chi connectivity index (χ4n) is 3.37. The molecule has 1 saturated carbocycles. The van der Waals surface area contributed by atoms with Crippen molar-refractivity contribution in [3.63, 3.8) is 0 Å². The Labute approximate surface area is 149 Å². The maximum atomic E-state index is 13.2. The van der Waals surface area contributed by atoms with Gasteiger partial charge in [-0.15, -0.1) is 0 Å². The maximum absolute atomic E-state index is 13.2. The van der Waals surface area contributed by atoms with Gasteiger partial charge in [-0.2, -0.15) is 0 Å². The predicted molar refractivity (Wildman–Crippen MR) is 94.2 cm³/mol. The molecule has 1 heterocycles. The largest absolute Gasteiger partial charge is 0.462 e. The van der Waals surface area contributed by atoms with Crippen LogP contribution in [0, 0.1) is 11.7 Å². The summed E-state index contributed by atoms with van der Waals surface area (Å²) in [5.41, 5.74) is -1.29. The van der Waals surface area contributed by atoms with Crippen LogP contribution in [0.15, 0.2) is 40.1 Å². The van der Waals surface area contributed by atoms with Crippen LogP contribution in [0.25, 0.3) is 5.69 Å². The number of aromatic nitrogens is 2. The third-order valence-electron chi connectivity index (χ3n) is 4.67. The number of carbonyl (C=O) groups excluding carboxylic acids is 1. The second-order valence-corrected chi connectivity index (χ2v) is 6.47. The van der Waals surface area contributed by atoms with Crippen molar-refractivity contribution in [1.29, 1.82) is 0 Å². The Balaban J connectivity index is 2.15. The van der Waals surface area contributed by atoms with Crippen molar-refractivity contribution in [3.05, 3.63) is 62.7 Å². The molecule has 138 valence electrons. The summed E-state index contributed by atoms with van der Waals surface area (Å²) in [5.74, 6) is -0.912. The van der Waals surface area contributed by atoms with Gasteiger partial charge in [-0.05, 0) is 49.9 Å². The third kappa shape index (κ3) is 3.61. The summed E-state index contributed by atoms with van der Waals surface area (Å²) < 4.78 is 20.5. The Morgan fingerprint density at radius 3 is 2.46 bits per heavy atom. The van der Waals surface area contributed by atoms with Gasteiger partial charge in [0.2, 0.25) is 0 Å². The average molecular weight is 360 g/mol. The molecule has 2 aromatic rings. The molecule has 0 unspecified atom stereocenters. The first-order valence-electron chi connectivity index (χ1n) is 8.80. The molecule has 1 aliphatic carbocycles. The SMILES string of the molecule is CCOC(=O)c1cn(CC2CCCC2)c(=O)n(-c2ccc(F)cc2)c1=O. The van der Waals surface area contributed by atoms with Crippen molar-refractivity contribution < 1.29 is 13.9 Å². The van der Waals surface area contributed by atoms with Crippen molar-refractivity contribution in [2.24, 2.45) is 5.92 Å². The zero-order valence-corrected chi connectivity index (χ0v) is 14.6. The molecule has 1 aliphatic rings. The maximum Gasteiger partial charge on any atom is 0.345 e. The molecular formula is C19H21FN2O4. The Hall–Kier alpha value is -2.70. The summed E-state index contributed by atoms with van der Waals surface area (Å²) in [7, 11) is 0. The lowest BCUT2D eigenvalue weighted by Gasteiger charge is -2.15. The van der Waals surface area contributed by atoms with Gasteiger partial charge in [0.25, 0.3) is 5.56 Å². The van der Waals surface area contributed by atoms with Crippen molar-refractivity contribution >= 4 is 5.97 Å². The molecule has 1 aromatic heterocycles. The van der Waals surface area contributed by atoms with Gasteiger partial charge in [0.1, 0.15) is 11.4 Å². The van der Waals surface area contributed by atoms with Crippen LogP contribution in [0.2, 0.25) is 0 Å². The fraction of sp³-hybridized carbons (Fsp3) is 0.421. The number of nitrogens with zero attached hydrogens (tertiary/aromatic N) is 2. The number of hydrogen-bond acceptors (Lipinski definition) is 4. The molecule has 7 heteroatoms. The van der Waals surface area contributed by atoms with E-state index in [1.807, 2.05) is 0 Å². The number of carbonyl (C=O) groups is 1. The summed E-state index contributed by atoms with van der Waals surface area (Å²) in [6.45, 7) is 2.20.